The number of benzene rings is 1. The van der Waals surface area contributed by atoms with Gasteiger partial charge in [-0.3, -0.25) is 4.90 Å². The lowest BCUT2D eigenvalue weighted by Gasteiger charge is -2.25. The Bertz CT molecular complexity index is 1100. The molecule has 0 aliphatic carbocycles. The minimum atomic E-state index is 0.405. The van der Waals surface area contributed by atoms with Crippen LogP contribution in [0.4, 0.5) is 0 Å². The Labute approximate surface area is 159 Å². The van der Waals surface area contributed by atoms with Crippen LogP contribution in [0.3, 0.4) is 0 Å². The molecular formula is C20H17N3O3S. The molecule has 136 valence electrons. The van der Waals surface area contributed by atoms with Crippen LogP contribution in [0.25, 0.3) is 21.3 Å². The van der Waals surface area contributed by atoms with Crippen LogP contribution in [0.1, 0.15) is 12.2 Å². The third-order valence-corrected chi connectivity index (χ3v) is 6.15. The average molecular weight is 379 g/mol. The standard InChI is InChI=1S/C20H17N3O3S/c1-2-18-19(21-5-1)22-20(27-18)26-14-3-4-17-12(6-14)7-16(25-17)10-23-9-15-8-13(23)11-24-15/h1-7,13,15H,8-11H2/t13-,15+/m0/s1. The van der Waals surface area contributed by atoms with E-state index in [4.69, 9.17) is 13.9 Å². The van der Waals surface area contributed by atoms with Gasteiger partial charge in [-0.2, -0.15) is 4.98 Å². The van der Waals surface area contributed by atoms with Crippen molar-refractivity contribution in [1.29, 1.82) is 0 Å². The Morgan fingerprint density at radius 1 is 1.26 bits per heavy atom. The molecule has 6 nitrogen and oxygen atoms in total. The summed E-state index contributed by atoms with van der Waals surface area (Å²) in [6.07, 6.45) is 3.29. The second kappa shape index (κ2) is 6.02. The summed E-state index contributed by atoms with van der Waals surface area (Å²) in [6, 6.07) is 12.4. The number of aromatic nitrogens is 2. The van der Waals surface area contributed by atoms with Gasteiger partial charge in [0, 0.05) is 24.2 Å². The van der Waals surface area contributed by atoms with Crippen LogP contribution >= 0.6 is 11.3 Å². The minimum absolute atomic E-state index is 0.405. The molecule has 2 saturated heterocycles. The number of fused-ring (bicyclic) bond motifs is 4. The van der Waals surface area contributed by atoms with Gasteiger partial charge in [0.2, 0.25) is 0 Å². The topological polar surface area (TPSA) is 60.6 Å². The second-order valence-electron chi connectivity index (χ2n) is 7.09. The van der Waals surface area contributed by atoms with Gasteiger partial charge in [0.25, 0.3) is 5.19 Å². The van der Waals surface area contributed by atoms with Crippen LogP contribution in [0, 0.1) is 0 Å². The normalized spacial score (nSPS) is 22.2. The number of nitrogens with zero attached hydrogens (tertiary/aromatic N) is 3. The van der Waals surface area contributed by atoms with Crippen LogP contribution in [-0.2, 0) is 11.3 Å². The highest BCUT2D eigenvalue weighted by atomic mass is 32.1. The molecule has 2 fully saturated rings. The number of likely N-dealkylation sites (tertiary alicyclic amines) is 1. The SMILES string of the molecule is c1cnc2nc(Oc3ccc4oc(CN5C[C@H]6C[C@H]5CO6)cc4c3)sc2c1. The molecule has 3 aromatic heterocycles. The van der Waals surface area contributed by atoms with Gasteiger partial charge < -0.3 is 13.9 Å². The van der Waals surface area contributed by atoms with Gasteiger partial charge >= 0.3 is 0 Å². The predicted octanol–water partition coefficient (Wildman–Crippen LogP) is 4.20. The summed E-state index contributed by atoms with van der Waals surface area (Å²) in [6.45, 7) is 2.68. The van der Waals surface area contributed by atoms with Gasteiger partial charge in [0.15, 0.2) is 5.65 Å². The lowest BCUT2D eigenvalue weighted by Crippen LogP contribution is -2.36. The molecule has 5 heterocycles. The number of rotatable bonds is 4. The Kier molecular flexibility index (Phi) is 3.47. The van der Waals surface area contributed by atoms with E-state index >= 15 is 0 Å². The van der Waals surface area contributed by atoms with Crippen molar-refractivity contribution in [3.8, 4) is 10.9 Å². The summed E-state index contributed by atoms with van der Waals surface area (Å²) in [5, 5.41) is 1.64. The summed E-state index contributed by atoms with van der Waals surface area (Å²) in [5.74, 6) is 1.74. The van der Waals surface area contributed by atoms with Gasteiger partial charge in [-0.15, -0.1) is 0 Å². The first kappa shape index (κ1) is 15.6. The van der Waals surface area contributed by atoms with Crippen LogP contribution < -0.4 is 4.74 Å². The van der Waals surface area contributed by atoms with E-state index in [9.17, 15) is 0 Å². The molecule has 1 aromatic carbocycles. The van der Waals surface area contributed by atoms with Crippen molar-refractivity contribution in [3.63, 3.8) is 0 Å². The third kappa shape index (κ3) is 2.79. The maximum Gasteiger partial charge on any atom is 0.281 e. The fourth-order valence-electron chi connectivity index (χ4n) is 3.98. The molecule has 0 amide bonds. The largest absolute Gasteiger partial charge is 0.460 e. The molecule has 2 aliphatic rings. The highest BCUT2D eigenvalue weighted by Gasteiger charge is 2.39. The monoisotopic (exact) mass is 379 g/mol. The van der Waals surface area contributed by atoms with E-state index in [1.165, 1.54) is 11.3 Å². The minimum Gasteiger partial charge on any atom is -0.460 e. The molecule has 4 aromatic rings. The highest BCUT2D eigenvalue weighted by molar-refractivity contribution is 7.20. The molecule has 0 radical (unpaired) electrons. The first-order valence-electron chi connectivity index (χ1n) is 9.08. The molecule has 2 atom stereocenters. The van der Waals surface area contributed by atoms with E-state index in [1.54, 1.807) is 6.20 Å². The van der Waals surface area contributed by atoms with Gasteiger partial charge in [-0.1, -0.05) is 11.3 Å². The average Bonchev–Trinajstić information content (AvgIpc) is 3.43. The van der Waals surface area contributed by atoms with Gasteiger partial charge in [-0.05, 0) is 42.8 Å². The number of hydrogen-bond acceptors (Lipinski definition) is 7. The highest BCUT2D eigenvalue weighted by Crippen LogP contribution is 2.34. The van der Waals surface area contributed by atoms with Gasteiger partial charge in [-0.25, -0.2) is 4.98 Å². The first-order valence-corrected chi connectivity index (χ1v) is 9.89. The van der Waals surface area contributed by atoms with Crippen molar-refractivity contribution in [2.24, 2.45) is 0 Å². The zero-order valence-corrected chi connectivity index (χ0v) is 15.3. The molecule has 27 heavy (non-hydrogen) atoms. The Balaban J connectivity index is 1.24. The summed E-state index contributed by atoms with van der Waals surface area (Å²) >= 11 is 1.49. The summed E-state index contributed by atoms with van der Waals surface area (Å²) < 4.78 is 18.7. The van der Waals surface area contributed by atoms with Crippen LogP contribution in [-0.4, -0.2) is 40.2 Å². The van der Waals surface area contributed by atoms with Crippen LogP contribution in [0.2, 0.25) is 0 Å². The number of pyridine rings is 1. The van der Waals surface area contributed by atoms with Gasteiger partial charge in [0.1, 0.15) is 17.1 Å². The maximum atomic E-state index is 6.03. The Morgan fingerprint density at radius 2 is 2.26 bits per heavy atom. The van der Waals surface area contributed by atoms with Crippen molar-refractivity contribution < 1.29 is 13.9 Å². The lowest BCUT2D eigenvalue weighted by atomic mass is 10.2. The van der Waals surface area contributed by atoms with E-state index in [1.807, 2.05) is 30.3 Å². The predicted molar refractivity (Wildman–Crippen MR) is 102 cm³/mol. The fourth-order valence-corrected chi connectivity index (χ4v) is 4.78. The van der Waals surface area contributed by atoms with E-state index in [0.717, 1.165) is 53.3 Å². The number of hydrogen-bond donors (Lipinski definition) is 0. The van der Waals surface area contributed by atoms with E-state index in [2.05, 4.69) is 20.9 Å². The number of furan rings is 1. The second-order valence-corrected chi connectivity index (χ2v) is 8.09. The van der Waals surface area contributed by atoms with Crippen molar-refractivity contribution in [2.45, 2.75) is 25.1 Å². The summed E-state index contributed by atoms with van der Waals surface area (Å²) in [7, 11) is 0. The van der Waals surface area contributed by atoms with Gasteiger partial charge in [0.05, 0.1) is 24.0 Å². The van der Waals surface area contributed by atoms with Crippen molar-refractivity contribution in [3.05, 3.63) is 48.4 Å². The summed E-state index contributed by atoms with van der Waals surface area (Å²) in [5.41, 5.74) is 1.59. The van der Waals surface area contributed by atoms with E-state index in [0.29, 0.717) is 23.0 Å². The molecule has 7 heteroatoms. The molecule has 0 N–H and O–H groups in total. The molecule has 6 rings (SSSR count). The maximum absolute atomic E-state index is 6.03. The van der Waals surface area contributed by atoms with Crippen molar-refractivity contribution in [2.75, 3.05) is 13.2 Å². The van der Waals surface area contributed by atoms with Crippen molar-refractivity contribution in [1.82, 2.24) is 14.9 Å². The first-order chi connectivity index (χ1) is 13.3. The summed E-state index contributed by atoms with van der Waals surface area (Å²) in [4.78, 5) is 11.1. The zero-order valence-electron chi connectivity index (χ0n) is 14.5. The number of ether oxygens (including phenoxy) is 2. The molecule has 0 saturated carbocycles. The number of thiazole rings is 1. The quantitative estimate of drug-likeness (QED) is 0.530. The fraction of sp³-hybridized carbons (Fsp3) is 0.300. The molecule has 0 unspecified atom stereocenters. The smallest absolute Gasteiger partial charge is 0.281 e. The Hall–Kier alpha value is -2.48. The lowest BCUT2D eigenvalue weighted by molar-refractivity contribution is 0.0250. The molecule has 2 bridgehead atoms. The molecule has 0 spiro atoms. The third-order valence-electron chi connectivity index (χ3n) is 5.26. The zero-order chi connectivity index (χ0) is 17.8. The van der Waals surface area contributed by atoms with Crippen LogP contribution in [0.15, 0.2) is 47.0 Å². The van der Waals surface area contributed by atoms with Crippen LogP contribution in [0.5, 0.6) is 10.9 Å². The molecular weight excluding hydrogens is 362 g/mol. The molecule has 2 aliphatic heterocycles. The van der Waals surface area contributed by atoms with E-state index in [-0.39, 0.29) is 0 Å². The van der Waals surface area contributed by atoms with E-state index < -0.39 is 0 Å². The Morgan fingerprint density at radius 3 is 3.11 bits per heavy atom. The number of morpholine rings is 1. The van der Waals surface area contributed by atoms with Crippen molar-refractivity contribution >= 4 is 32.7 Å².